The summed E-state index contributed by atoms with van der Waals surface area (Å²) in [5.41, 5.74) is 1.87. The van der Waals surface area contributed by atoms with E-state index in [9.17, 15) is 13.2 Å². The van der Waals surface area contributed by atoms with Crippen molar-refractivity contribution in [3.05, 3.63) is 59.7 Å². The van der Waals surface area contributed by atoms with Crippen molar-refractivity contribution in [2.45, 2.75) is 30.6 Å². The molecule has 3 rings (SSSR count). The lowest BCUT2D eigenvalue weighted by molar-refractivity contribution is -0.121. The van der Waals surface area contributed by atoms with Gasteiger partial charge in [-0.1, -0.05) is 37.3 Å². The van der Waals surface area contributed by atoms with Crippen LogP contribution in [0.1, 0.15) is 30.4 Å². The van der Waals surface area contributed by atoms with Gasteiger partial charge >= 0.3 is 0 Å². The van der Waals surface area contributed by atoms with Crippen LogP contribution in [-0.4, -0.2) is 58.6 Å². The summed E-state index contributed by atoms with van der Waals surface area (Å²) in [5.74, 6) is 0.708. The Hall–Kier alpha value is -2.42. The number of amides is 1. The molecule has 0 aromatic heterocycles. The van der Waals surface area contributed by atoms with Gasteiger partial charge in [0.2, 0.25) is 15.9 Å². The SMILES string of the molecule is COc1ccc(S(=O)(=O)N2CCOCC2)cc1CCC(=O)NC[C@@H](C)c1ccccc1. The molecule has 2 aromatic rings. The number of nitrogens with zero attached hydrogens (tertiary/aromatic N) is 1. The maximum absolute atomic E-state index is 12.9. The van der Waals surface area contributed by atoms with Gasteiger partial charge in [-0.2, -0.15) is 4.31 Å². The average molecular weight is 447 g/mol. The van der Waals surface area contributed by atoms with E-state index >= 15 is 0 Å². The van der Waals surface area contributed by atoms with E-state index in [0.717, 1.165) is 0 Å². The van der Waals surface area contributed by atoms with Crippen molar-refractivity contribution in [1.82, 2.24) is 9.62 Å². The number of carbonyl (C=O) groups excluding carboxylic acids is 1. The van der Waals surface area contributed by atoms with Crippen LogP contribution in [0.2, 0.25) is 0 Å². The molecule has 0 unspecified atom stereocenters. The Bertz CT molecular complexity index is 973. The topological polar surface area (TPSA) is 84.9 Å². The first-order valence-electron chi connectivity index (χ1n) is 10.5. The molecule has 1 amide bonds. The van der Waals surface area contributed by atoms with Gasteiger partial charge in [-0.25, -0.2) is 8.42 Å². The molecule has 1 heterocycles. The van der Waals surface area contributed by atoms with Gasteiger partial charge in [0.15, 0.2) is 0 Å². The number of aryl methyl sites for hydroxylation is 1. The molecule has 2 aromatic carbocycles. The summed E-state index contributed by atoms with van der Waals surface area (Å²) in [5, 5.41) is 2.97. The maximum atomic E-state index is 12.9. The van der Waals surface area contributed by atoms with Crippen molar-refractivity contribution >= 4 is 15.9 Å². The Morgan fingerprint density at radius 3 is 2.55 bits per heavy atom. The van der Waals surface area contributed by atoms with E-state index in [0.29, 0.717) is 50.6 Å². The molecule has 0 saturated carbocycles. The van der Waals surface area contributed by atoms with E-state index in [1.165, 1.54) is 17.0 Å². The molecule has 7 nitrogen and oxygen atoms in total. The molecule has 1 fully saturated rings. The van der Waals surface area contributed by atoms with Gasteiger partial charge in [0, 0.05) is 26.1 Å². The smallest absolute Gasteiger partial charge is 0.243 e. The fraction of sp³-hybridized carbons (Fsp3) is 0.435. The van der Waals surface area contributed by atoms with Gasteiger partial charge in [-0.3, -0.25) is 4.79 Å². The quantitative estimate of drug-likeness (QED) is 0.640. The van der Waals surface area contributed by atoms with Crippen molar-refractivity contribution in [1.29, 1.82) is 0 Å². The number of nitrogens with one attached hydrogen (secondary N) is 1. The summed E-state index contributed by atoms with van der Waals surface area (Å²) >= 11 is 0. The number of ether oxygens (including phenoxy) is 2. The van der Waals surface area contributed by atoms with Gasteiger partial charge in [0.25, 0.3) is 0 Å². The summed E-state index contributed by atoms with van der Waals surface area (Å²) in [6.45, 7) is 4.08. The van der Waals surface area contributed by atoms with Crippen molar-refractivity contribution < 1.29 is 22.7 Å². The predicted octanol–water partition coefficient (Wildman–Crippen LogP) is 2.57. The first-order chi connectivity index (χ1) is 14.9. The van der Waals surface area contributed by atoms with Crippen LogP contribution in [0.25, 0.3) is 0 Å². The zero-order valence-corrected chi connectivity index (χ0v) is 18.9. The molecule has 0 aliphatic carbocycles. The monoisotopic (exact) mass is 446 g/mol. The number of carbonyl (C=O) groups is 1. The first-order valence-corrected chi connectivity index (χ1v) is 11.9. The second kappa shape index (κ2) is 10.7. The Labute approximate surface area is 184 Å². The van der Waals surface area contributed by atoms with E-state index in [2.05, 4.69) is 12.2 Å². The first kappa shape index (κ1) is 23.2. The third kappa shape index (κ3) is 6.06. The van der Waals surface area contributed by atoms with E-state index in [1.807, 2.05) is 30.3 Å². The van der Waals surface area contributed by atoms with Crippen LogP contribution in [0.3, 0.4) is 0 Å². The number of morpholine rings is 1. The van der Waals surface area contributed by atoms with Gasteiger partial charge in [-0.15, -0.1) is 0 Å². The van der Waals surface area contributed by atoms with Crippen LogP contribution in [0.5, 0.6) is 5.75 Å². The summed E-state index contributed by atoms with van der Waals surface area (Å²) in [6.07, 6.45) is 0.639. The number of benzene rings is 2. The highest BCUT2D eigenvalue weighted by molar-refractivity contribution is 7.89. The number of rotatable bonds is 9. The van der Waals surface area contributed by atoms with Gasteiger partial charge < -0.3 is 14.8 Å². The van der Waals surface area contributed by atoms with E-state index in [1.54, 1.807) is 18.2 Å². The standard InChI is InChI=1S/C23H30N2O5S/c1-18(19-6-4-3-5-7-19)17-24-23(26)11-8-20-16-21(9-10-22(20)29-2)31(27,28)25-12-14-30-15-13-25/h3-7,9-10,16,18H,8,11-15,17H2,1-2H3,(H,24,26)/t18-/m1/s1. The van der Waals surface area contributed by atoms with Gasteiger partial charge in [0.05, 0.1) is 25.2 Å². The van der Waals surface area contributed by atoms with Crippen LogP contribution in [0, 0.1) is 0 Å². The molecule has 0 bridgehead atoms. The zero-order valence-electron chi connectivity index (χ0n) is 18.0. The van der Waals surface area contributed by atoms with Crippen molar-refractivity contribution in [2.75, 3.05) is 40.0 Å². The minimum absolute atomic E-state index is 0.0775. The number of hydrogen-bond donors (Lipinski definition) is 1. The Kier molecular flexibility index (Phi) is 8.06. The summed E-state index contributed by atoms with van der Waals surface area (Å²) in [4.78, 5) is 12.6. The zero-order chi connectivity index (χ0) is 22.3. The minimum Gasteiger partial charge on any atom is -0.496 e. The van der Waals surface area contributed by atoms with Crippen LogP contribution in [0.4, 0.5) is 0 Å². The third-order valence-corrected chi connectivity index (χ3v) is 7.35. The molecule has 0 spiro atoms. The number of methoxy groups -OCH3 is 1. The molecular formula is C23H30N2O5S. The van der Waals surface area contributed by atoms with Crippen LogP contribution in [-0.2, 0) is 26.0 Å². The fourth-order valence-electron chi connectivity index (χ4n) is 3.55. The molecule has 1 atom stereocenters. The lowest BCUT2D eigenvalue weighted by Crippen LogP contribution is -2.40. The van der Waals surface area contributed by atoms with E-state index in [4.69, 9.17) is 9.47 Å². The lowest BCUT2D eigenvalue weighted by Gasteiger charge is -2.26. The van der Waals surface area contributed by atoms with E-state index < -0.39 is 10.0 Å². The van der Waals surface area contributed by atoms with Crippen LogP contribution >= 0.6 is 0 Å². The highest BCUT2D eigenvalue weighted by atomic mass is 32.2. The summed E-state index contributed by atoms with van der Waals surface area (Å²) in [7, 11) is -2.06. The summed E-state index contributed by atoms with van der Waals surface area (Å²) < 4.78 is 37.9. The van der Waals surface area contributed by atoms with Gasteiger partial charge in [0.1, 0.15) is 5.75 Å². The Morgan fingerprint density at radius 1 is 1.16 bits per heavy atom. The molecule has 0 radical (unpaired) electrons. The highest BCUT2D eigenvalue weighted by Gasteiger charge is 2.27. The molecule has 1 N–H and O–H groups in total. The van der Waals surface area contributed by atoms with Gasteiger partial charge in [-0.05, 0) is 41.7 Å². The molecule has 1 aliphatic heterocycles. The maximum Gasteiger partial charge on any atom is 0.243 e. The lowest BCUT2D eigenvalue weighted by atomic mass is 10.0. The molecule has 1 saturated heterocycles. The van der Waals surface area contributed by atoms with Crippen molar-refractivity contribution in [3.63, 3.8) is 0 Å². The molecule has 168 valence electrons. The summed E-state index contributed by atoms with van der Waals surface area (Å²) in [6, 6.07) is 14.8. The van der Waals surface area contributed by atoms with E-state index in [-0.39, 0.29) is 23.1 Å². The largest absolute Gasteiger partial charge is 0.496 e. The molecular weight excluding hydrogens is 416 g/mol. The van der Waals surface area contributed by atoms with Crippen LogP contribution in [0.15, 0.2) is 53.4 Å². The molecule has 8 heteroatoms. The third-order valence-electron chi connectivity index (χ3n) is 5.46. The fourth-order valence-corrected chi connectivity index (χ4v) is 5.01. The predicted molar refractivity (Wildman–Crippen MR) is 119 cm³/mol. The van der Waals surface area contributed by atoms with Crippen LogP contribution < -0.4 is 10.1 Å². The average Bonchev–Trinajstić information content (AvgIpc) is 2.82. The Morgan fingerprint density at radius 2 is 1.87 bits per heavy atom. The second-order valence-electron chi connectivity index (χ2n) is 7.61. The van der Waals surface area contributed by atoms with Crippen molar-refractivity contribution in [2.24, 2.45) is 0 Å². The molecule has 1 aliphatic rings. The number of hydrogen-bond acceptors (Lipinski definition) is 5. The second-order valence-corrected chi connectivity index (χ2v) is 9.54. The normalized spacial score (nSPS) is 15.9. The van der Waals surface area contributed by atoms with Crippen molar-refractivity contribution in [3.8, 4) is 5.75 Å². The molecule has 31 heavy (non-hydrogen) atoms. The highest BCUT2D eigenvalue weighted by Crippen LogP contribution is 2.26. The Balaban J connectivity index is 1.62. The minimum atomic E-state index is -3.60. The number of sulfonamides is 1.